The number of thiocarbonyl (C=S) groups is 1. The van der Waals surface area contributed by atoms with E-state index in [0.29, 0.717) is 18.3 Å². The van der Waals surface area contributed by atoms with Crippen molar-refractivity contribution in [1.82, 2.24) is 10.6 Å². The zero-order valence-electron chi connectivity index (χ0n) is 13.7. The van der Waals surface area contributed by atoms with Crippen LogP contribution in [0, 0.1) is 0 Å². The van der Waals surface area contributed by atoms with Crippen molar-refractivity contribution in [2.24, 2.45) is 0 Å². The molecule has 1 aromatic carbocycles. The Bertz CT molecular complexity index is 520. The van der Waals surface area contributed by atoms with Gasteiger partial charge in [0.25, 0.3) is 0 Å². The molecule has 22 heavy (non-hydrogen) atoms. The van der Waals surface area contributed by atoms with E-state index in [4.69, 9.17) is 21.7 Å². The van der Waals surface area contributed by atoms with E-state index in [1.165, 1.54) is 5.56 Å². The fraction of sp³-hybridized carbons (Fsp3) is 0.588. The Balaban J connectivity index is 2.00. The third-order valence-corrected chi connectivity index (χ3v) is 3.92. The van der Waals surface area contributed by atoms with Crippen LogP contribution in [0.2, 0.25) is 0 Å². The third kappa shape index (κ3) is 4.50. The summed E-state index contributed by atoms with van der Waals surface area (Å²) in [5.74, 6) is 1.89. The van der Waals surface area contributed by atoms with Gasteiger partial charge in [0.2, 0.25) is 0 Å². The molecule has 0 aliphatic carbocycles. The molecule has 0 spiro atoms. The van der Waals surface area contributed by atoms with E-state index in [1.807, 2.05) is 6.92 Å². The molecular formula is C17H26N2O2S. The normalized spacial score (nSPS) is 15.9. The summed E-state index contributed by atoms with van der Waals surface area (Å²) in [7, 11) is 0. The highest BCUT2D eigenvalue weighted by Crippen LogP contribution is 2.35. The summed E-state index contributed by atoms with van der Waals surface area (Å²) in [6, 6.07) is 4.18. The van der Waals surface area contributed by atoms with Gasteiger partial charge in [0.05, 0.1) is 6.61 Å². The van der Waals surface area contributed by atoms with Gasteiger partial charge in [0.1, 0.15) is 17.6 Å². The van der Waals surface area contributed by atoms with Crippen molar-refractivity contribution >= 4 is 17.3 Å². The van der Waals surface area contributed by atoms with Crippen molar-refractivity contribution in [2.75, 3.05) is 13.2 Å². The van der Waals surface area contributed by atoms with Crippen molar-refractivity contribution in [3.8, 4) is 11.5 Å². The number of unbranched alkanes of at least 4 members (excludes halogenated alkanes) is 1. The van der Waals surface area contributed by atoms with Crippen LogP contribution in [-0.4, -0.2) is 24.4 Å². The summed E-state index contributed by atoms with van der Waals surface area (Å²) >= 11 is 5.30. The lowest BCUT2D eigenvalue weighted by Gasteiger charge is -2.15. The van der Waals surface area contributed by atoms with Gasteiger partial charge in [-0.05, 0) is 44.6 Å². The molecule has 1 heterocycles. The molecule has 0 saturated carbocycles. The molecule has 1 atom stereocenters. The third-order valence-electron chi connectivity index (χ3n) is 3.63. The first-order valence-electron chi connectivity index (χ1n) is 8.11. The molecule has 0 bridgehead atoms. The highest BCUT2D eigenvalue weighted by atomic mass is 32.1. The molecule has 5 heteroatoms. The zero-order chi connectivity index (χ0) is 15.9. The molecule has 122 valence electrons. The van der Waals surface area contributed by atoms with Gasteiger partial charge in [-0.2, -0.15) is 0 Å². The topological polar surface area (TPSA) is 42.5 Å². The Labute approximate surface area is 138 Å². The van der Waals surface area contributed by atoms with Gasteiger partial charge in [-0.25, -0.2) is 0 Å². The van der Waals surface area contributed by atoms with E-state index in [9.17, 15) is 0 Å². The lowest BCUT2D eigenvalue weighted by atomic mass is 10.1. The number of nitrogens with one attached hydrogen (secondary N) is 2. The van der Waals surface area contributed by atoms with Crippen molar-refractivity contribution in [3.05, 3.63) is 23.3 Å². The molecule has 1 aromatic rings. The van der Waals surface area contributed by atoms with Crippen LogP contribution >= 0.6 is 12.2 Å². The van der Waals surface area contributed by atoms with Crippen LogP contribution < -0.4 is 20.1 Å². The van der Waals surface area contributed by atoms with Crippen LogP contribution in [0.3, 0.4) is 0 Å². The predicted octanol–water partition coefficient (Wildman–Crippen LogP) is 3.17. The molecule has 1 aliphatic rings. The Morgan fingerprint density at radius 1 is 1.36 bits per heavy atom. The minimum Gasteiger partial charge on any atom is -0.494 e. The average molecular weight is 322 g/mol. The summed E-state index contributed by atoms with van der Waals surface area (Å²) in [6.45, 7) is 8.45. The molecule has 1 aliphatic heterocycles. The fourth-order valence-electron chi connectivity index (χ4n) is 2.53. The molecule has 0 aromatic heterocycles. The monoisotopic (exact) mass is 322 g/mol. The molecule has 0 radical (unpaired) electrons. The second-order valence-corrected chi connectivity index (χ2v) is 6.00. The number of hydrogen-bond acceptors (Lipinski definition) is 3. The average Bonchev–Trinajstić information content (AvgIpc) is 2.84. The van der Waals surface area contributed by atoms with E-state index < -0.39 is 0 Å². The van der Waals surface area contributed by atoms with Crippen molar-refractivity contribution in [1.29, 1.82) is 0 Å². The summed E-state index contributed by atoms with van der Waals surface area (Å²) in [4.78, 5) is 0. The van der Waals surface area contributed by atoms with Gasteiger partial charge >= 0.3 is 0 Å². The molecular weight excluding hydrogens is 296 g/mol. The highest BCUT2D eigenvalue weighted by Gasteiger charge is 2.21. The smallest absolute Gasteiger partial charge is 0.166 e. The van der Waals surface area contributed by atoms with Gasteiger partial charge in [-0.3, -0.25) is 0 Å². The quantitative estimate of drug-likeness (QED) is 0.596. The van der Waals surface area contributed by atoms with Crippen LogP contribution in [0.15, 0.2) is 12.1 Å². The SMILES string of the molecule is CCCCNC(=S)NCc1cc2c(cc1OCC)C[C@H](C)O2. The van der Waals surface area contributed by atoms with Crippen LogP contribution in [0.1, 0.15) is 44.7 Å². The van der Waals surface area contributed by atoms with Gasteiger partial charge in [-0.1, -0.05) is 13.3 Å². The van der Waals surface area contributed by atoms with E-state index in [2.05, 4.69) is 36.6 Å². The fourth-order valence-corrected chi connectivity index (χ4v) is 2.70. The van der Waals surface area contributed by atoms with Crippen molar-refractivity contribution in [3.63, 3.8) is 0 Å². The first-order valence-corrected chi connectivity index (χ1v) is 8.51. The van der Waals surface area contributed by atoms with Crippen molar-refractivity contribution in [2.45, 2.75) is 52.7 Å². The summed E-state index contributed by atoms with van der Waals surface area (Å²) in [6.07, 6.45) is 3.46. The second-order valence-electron chi connectivity index (χ2n) is 5.60. The van der Waals surface area contributed by atoms with E-state index in [1.54, 1.807) is 0 Å². The summed E-state index contributed by atoms with van der Waals surface area (Å²) in [5, 5.41) is 7.14. The van der Waals surface area contributed by atoms with Gasteiger partial charge < -0.3 is 20.1 Å². The Morgan fingerprint density at radius 3 is 2.91 bits per heavy atom. The van der Waals surface area contributed by atoms with Gasteiger partial charge in [0.15, 0.2) is 5.11 Å². The van der Waals surface area contributed by atoms with E-state index in [-0.39, 0.29) is 6.10 Å². The first-order chi connectivity index (χ1) is 10.6. The molecule has 0 unspecified atom stereocenters. The molecule has 2 N–H and O–H groups in total. The second kappa shape index (κ2) is 8.22. The molecule has 2 rings (SSSR count). The number of benzene rings is 1. The van der Waals surface area contributed by atoms with Crippen LogP contribution in [0.25, 0.3) is 0 Å². The van der Waals surface area contributed by atoms with Crippen LogP contribution in [0.5, 0.6) is 11.5 Å². The molecule has 0 amide bonds. The lowest BCUT2D eigenvalue weighted by molar-refractivity contribution is 0.254. The maximum absolute atomic E-state index is 5.84. The molecule has 4 nitrogen and oxygen atoms in total. The zero-order valence-corrected chi connectivity index (χ0v) is 14.5. The Kier molecular flexibility index (Phi) is 6.31. The van der Waals surface area contributed by atoms with Gasteiger partial charge in [-0.15, -0.1) is 0 Å². The molecule has 0 saturated heterocycles. The number of ether oxygens (including phenoxy) is 2. The van der Waals surface area contributed by atoms with Crippen LogP contribution in [0.4, 0.5) is 0 Å². The minimum absolute atomic E-state index is 0.240. The van der Waals surface area contributed by atoms with Crippen LogP contribution in [-0.2, 0) is 13.0 Å². The largest absolute Gasteiger partial charge is 0.494 e. The van der Waals surface area contributed by atoms with E-state index in [0.717, 1.165) is 42.9 Å². The maximum atomic E-state index is 5.84. The lowest BCUT2D eigenvalue weighted by Crippen LogP contribution is -2.35. The molecule has 0 fully saturated rings. The number of hydrogen-bond donors (Lipinski definition) is 2. The maximum Gasteiger partial charge on any atom is 0.166 e. The summed E-state index contributed by atoms with van der Waals surface area (Å²) in [5.41, 5.74) is 2.30. The Morgan fingerprint density at radius 2 is 2.18 bits per heavy atom. The van der Waals surface area contributed by atoms with Crippen molar-refractivity contribution < 1.29 is 9.47 Å². The predicted molar refractivity (Wildman–Crippen MR) is 93.8 cm³/mol. The highest BCUT2D eigenvalue weighted by molar-refractivity contribution is 7.80. The Hall–Kier alpha value is -1.49. The number of rotatable bonds is 7. The minimum atomic E-state index is 0.240. The first kappa shape index (κ1) is 16.9. The van der Waals surface area contributed by atoms with E-state index >= 15 is 0 Å². The standard InChI is InChI=1S/C17H26N2O2S/c1-4-6-7-18-17(22)19-11-14-10-16-13(8-12(3)21-16)9-15(14)20-5-2/h9-10,12H,4-8,11H2,1-3H3,(H2,18,19,22)/t12-/m0/s1. The van der Waals surface area contributed by atoms with Gasteiger partial charge in [0, 0.05) is 30.6 Å². The summed E-state index contributed by atoms with van der Waals surface area (Å²) < 4.78 is 11.6. The number of fused-ring (bicyclic) bond motifs is 1.